The topological polar surface area (TPSA) is 40.5 Å². The third kappa shape index (κ3) is 3.64. The highest BCUT2D eigenvalue weighted by Gasteiger charge is 2.43. The number of rotatable bonds is 6. The fourth-order valence-corrected chi connectivity index (χ4v) is 4.46. The van der Waals surface area contributed by atoms with Crippen LogP contribution in [0.3, 0.4) is 0 Å². The Kier molecular flexibility index (Phi) is 5.27. The number of hydrogen-bond donors (Lipinski definition) is 1. The number of benzene rings is 1. The number of carbonyl (C=O) groups excluding carboxylic acids is 1. The summed E-state index contributed by atoms with van der Waals surface area (Å²) in [5, 5.41) is 13.3. The van der Waals surface area contributed by atoms with Gasteiger partial charge >= 0.3 is 0 Å². The van der Waals surface area contributed by atoms with Crippen LogP contribution in [0, 0.1) is 0 Å². The van der Waals surface area contributed by atoms with E-state index in [9.17, 15) is 9.90 Å². The van der Waals surface area contributed by atoms with Crippen molar-refractivity contribution < 1.29 is 14.4 Å². The Labute approximate surface area is 153 Å². The number of aliphatic hydroxyl groups is 1. The van der Waals surface area contributed by atoms with Crippen LogP contribution in [0.25, 0.3) is 0 Å². The molecule has 5 heteroatoms. The Hall–Kier alpha value is -1.69. The second-order valence-corrected chi connectivity index (χ2v) is 8.23. The average molecular weight is 360 g/mol. The highest BCUT2D eigenvalue weighted by molar-refractivity contribution is 7.10. The van der Waals surface area contributed by atoms with E-state index in [4.69, 9.17) is 0 Å². The van der Waals surface area contributed by atoms with Gasteiger partial charge in [-0.2, -0.15) is 0 Å². The molecular formula is C20H27N2O2S+. The predicted octanol–water partition coefficient (Wildman–Crippen LogP) is 2.68. The minimum Gasteiger partial charge on any atom is -0.371 e. The second-order valence-electron chi connectivity index (χ2n) is 7.28. The maximum Gasteiger partial charge on any atom is 0.264 e. The molecule has 0 radical (unpaired) electrons. The Morgan fingerprint density at radius 3 is 2.48 bits per heavy atom. The molecule has 134 valence electrons. The van der Waals surface area contributed by atoms with E-state index in [-0.39, 0.29) is 5.91 Å². The number of likely N-dealkylation sites (N-methyl/N-ethyl adjacent to an activating group) is 2. The summed E-state index contributed by atoms with van der Waals surface area (Å²) < 4.78 is 1.01. The Morgan fingerprint density at radius 1 is 1.20 bits per heavy atom. The number of thiophene rings is 1. The van der Waals surface area contributed by atoms with Gasteiger partial charge in [-0.3, -0.25) is 4.79 Å². The van der Waals surface area contributed by atoms with E-state index >= 15 is 0 Å². The molecule has 1 atom stereocenters. The number of hydrogen-bond acceptors (Lipinski definition) is 3. The summed E-state index contributed by atoms with van der Waals surface area (Å²) >= 11 is 1.41. The van der Waals surface area contributed by atoms with E-state index in [0.717, 1.165) is 11.0 Å². The first kappa shape index (κ1) is 18.1. The largest absolute Gasteiger partial charge is 0.371 e. The SMILES string of the molecule is CN(CC[N+]1(C)CCCC1)C(=O)[C@](O)(c1ccccc1)c1cccs1. The minimum atomic E-state index is -1.62. The maximum absolute atomic E-state index is 13.2. The zero-order valence-electron chi connectivity index (χ0n) is 15.0. The Balaban J connectivity index is 1.82. The second kappa shape index (κ2) is 7.28. The zero-order valence-corrected chi connectivity index (χ0v) is 15.8. The molecule has 1 aromatic carbocycles. The van der Waals surface area contributed by atoms with Crippen LogP contribution in [0.4, 0.5) is 0 Å². The van der Waals surface area contributed by atoms with Crippen LogP contribution in [0.15, 0.2) is 47.8 Å². The monoisotopic (exact) mass is 359 g/mol. The molecule has 3 rings (SSSR count). The van der Waals surface area contributed by atoms with Gasteiger partial charge in [0.1, 0.15) is 0 Å². The highest BCUT2D eigenvalue weighted by atomic mass is 32.1. The van der Waals surface area contributed by atoms with Crippen LogP contribution >= 0.6 is 11.3 Å². The van der Waals surface area contributed by atoms with E-state index in [1.807, 2.05) is 47.8 Å². The standard InChI is InChI=1S/C20H27N2O2S/c1-21(12-15-22(2)13-6-7-14-22)19(23)20(24,18-11-8-16-25-18)17-9-4-3-5-10-17/h3-5,8-11,16,24H,6-7,12-15H2,1-2H3/q+1/t20-/m0/s1. The van der Waals surface area contributed by atoms with Crippen LogP contribution in [0.5, 0.6) is 0 Å². The van der Waals surface area contributed by atoms with Gasteiger partial charge in [0.2, 0.25) is 5.60 Å². The first-order chi connectivity index (χ1) is 12.0. The van der Waals surface area contributed by atoms with Gasteiger partial charge in [0.25, 0.3) is 5.91 Å². The molecule has 1 aliphatic rings. The fourth-order valence-electron chi connectivity index (χ4n) is 3.63. The molecule has 0 spiro atoms. The van der Waals surface area contributed by atoms with Crippen LogP contribution in [-0.2, 0) is 10.4 Å². The molecule has 1 aliphatic heterocycles. The van der Waals surface area contributed by atoms with E-state index in [0.29, 0.717) is 17.0 Å². The summed E-state index contributed by atoms with van der Waals surface area (Å²) in [5.41, 5.74) is -0.996. The fraction of sp³-hybridized carbons (Fsp3) is 0.450. The molecular weight excluding hydrogens is 332 g/mol. The van der Waals surface area contributed by atoms with Gasteiger partial charge in [-0.25, -0.2) is 0 Å². The summed E-state index contributed by atoms with van der Waals surface area (Å²) in [5.74, 6) is -0.257. The lowest BCUT2D eigenvalue weighted by atomic mass is 9.90. The summed E-state index contributed by atoms with van der Waals surface area (Å²) in [6.07, 6.45) is 2.52. The number of carbonyl (C=O) groups is 1. The van der Waals surface area contributed by atoms with Gasteiger partial charge in [0.05, 0.1) is 38.1 Å². The zero-order chi connectivity index (χ0) is 17.9. The smallest absolute Gasteiger partial charge is 0.264 e. The summed E-state index contributed by atoms with van der Waals surface area (Å²) in [6.45, 7) is 3.93. The van der Waals surface area contributed by atoms with Gasteiger partial charge in [0.15, 0.2) is 0 Å². The molecule has 1 fully saturated rings. The number of quaternary nitrogens is 1. The number of amides is 1. The van der Waals surface area contributed by atoms with Crippen LogP contribution in [0.2, 0.25) is 0 Å². The molecule has 25 heavy (non-hydrogen) atoms. The van der Waals surface area contributed by atoms with Crippen molar-refractivity contribution in [3.8, 4) is 0 Å². The molecule has 1 N–H and O–H groups in total. The van der Waals surface area contributed by atoms with E-state index in [1.54, 1.807) is 11.9 Å². The number of nitrogens with zero attached hydrogens (tertiary/aromatic N) is 2. The molecule has 0 aliphatic carbocycles. The van der Waals surface area contributed by atoms with Gasteiger partial charge in [-0.1, -0.05) is 36.4 Å². The molecule has 4 nitrogen and oxygen atoms in total. The molecule has 1 aromatic heterocycles. The predicted molar refractivity (Wildman–Crippen MR) is 101 cm³/mol. The molecule has 2 aromatic rings. The van der Waals surface area contributed by atoms with Crippen LogP contribution in [-0.4, -0.2) is 60.7 Å². The third-order valence-electron chi connectivity index (χ3n) is 5.35. The summed E-state index contributed by atoms with van der Waals surface area (Å²) in [6, 6.07) is 13.0. The van der Waals surface area contributed by atoms with Crippen molar-refractivity contribution in [3.63, 3.8) is 0 Å². The lowest BCUT2D eigenvalue weighted by molar-refractivity contribution is -0.897. The lowest BCUT2D eigenvalue weighted by Crippen LogP contribution is -2.51. The first-order valence-corrected chi connectivity index (χ1v) is 9.75. The molecule has 2 heterocycles. The molecule has 0 saturated carbocycles. The first-order valence-electron chi connectivity index (χ1n) is 8.87. The van der Waals surface area contributed by atoms with Crippen molar-refractivity contribution in [2.24, 2.45) is 0 Å². The van der Waals surface area contributed by atoms with Crippen LogP contribution < -0.4 is 0 Å². The van der Waals surface area contributed by atoms with Crippen molar-refractivity contribution >= 4 is 17.2 Å². The Morgan fingerprint density at radius 2 is 1.88 bits per heavy atom. The van der Waals surface area contributed by atoms with E-state index < -0.39 is 5.60 Å². The molecule has 0 bridgehead atoms. The minimum absolute atomic E-state index is 0.257. The lowest BCUT2D eigenvalue weighted by Gasteiger charge is -2.34. The summed E-state index contributed by atoms with van der Waals surface area (Å²) in [7, 11) is 4.06. The maximum atomic E-state index is 13.2. The van der Waals surface area contributed by atoms with Crippen molar-refractivity contribution in [1.29, 1.82) is 0 Å². The quantitative estimate of drug-likeness (QED) is 0.806. The third-order valence-corrected chi connectivity index (χ3v) is 6.33. The Bertz CT molecular complexity index is 696. The molecule has 1 saturated heterocycles. The number of likely N-dealkylation sites (tertiary alicyclic amines) is 1. The summed E-state index contributed by atoms with van der Waals surface area (Å²) in [4.78, 5) is 15.6. The van der Waals surface area contributed by atoms with Gasteiger partial charge in [-0.15, -0.1) is 11.3 Å². The highest BCUT2D eigenvalue weighted by Crippen LogP contribution is 2.34. The average Bonchev–Trinajstić information content (AvgIpc) is 3.32. The van der Waals surface area contributed by atoms with Crippen LogP contribution in [0.1, 0.15) is 23.3 Å². The molecule has 0 unspecified atom stereocenters. The van der Waals surface area contributed by atoms with E-state index in [1.165, 1.54) is 37.3 Å². The van der Waals surface area contributed by atoms with Crippen molar-refractivity contribution in [2.45, 2.75) is 18.4 Å². The van der Waals surface area contributed by atoms with Gasteiger partial charge < -0.3 is 14.5 Å². The van der Waals surface area contributed by atoms with Crippen molar-refractivity contribution in [3.05, 3.63) is 58.3 Å². The van der Waals surface area contributed by atoms with Crippen molar-refractivity contribution in [2.75, 3.05) is 40.3 Å². The van der Waals surface area contributed by atoms with Gasteiger partial charge in [0, 0.05) is 19.9 Å². The van der Waals surface area contributed by atoms with Gasteiger partial charge in [-0.05, 0) is 17.0 Å². The van der Waals surface area contributed by atoms with Crippen molar-refractivity contribution in [1.82, 2.24) is 4.90 Å². The van der Waals surface area contributed by atoms with E-state index in [2.05, 4.69) is 7.05 Å². The molecule has 1 amide bonds. The normalized spacial score (nSPS) is 18.7.